The van der Waals surface area contributed by atoms with Gasteiger partial charge in [-0.15, -0.1) is 11.3 Å². The first-order valence-electron chi connectivity index (χ1n) is 15.4. The maximum absolute atomic E-state index is 13.8. The molecule has 3 aromatic rings. The van der Waals surface area contributed by atoms with E-state index in [2.05, 4.69) is 35.8 Å². The fraction of sp³-hybridized carbons (Fsp3) is 0.500. The number of aromatic nitrogens is 3. The van der Waals surface area contributed by atoms with Crippen LogP contribution in [0.4, 0.5) is 5.95 Å². The Bertz CT molecular complexity index is 1500. The van der Waals surface area contributed by atoms with Gasteiger partial charge >= 0.3 is 0 Å². The number of hydrogen-bond acceptors (Lipinski definition) is 11. The molecular formula is C32H42N8O5S. The van der Waals surface area contributed by atoms with Gasteiger partial charge in [-0.3, -0.25) is 14.4 Å². The van der Waals surface area contributed by atoms with Crippen LogP contribution in [0.1, 0.15) is 38.4 Å². The van der Waals surface area contributed by atoms with Crippen molar-refractivity contribution in [1.82, 2.24) is 35.8 Å². The van der Waals surface area contributed by atoms with E-state index in [1.54, 1.807) is 11.3 Å². The predicted molar refractivity (Wildman–Crippen MR) is 174 cm³/mol. The zero-order valence-electron chi connectivity index (χ0n) is 26.7. The lowest BCUT2D eigenvalue weighted by molar-refractivity contribution is -0.144. The van der Waals surface area contributed by atoms with E-state index in [0.717, 1.165) is 47.9 Å². The summed E-state index contributed by atoms with van der Waals surface area (Å²) in [7, 11) is 0. The molecule has 0 saturated carbocycles. The Balaban J connectivity index is 1.17. The molecule has 4 N–H and O–H groups in total. The number of nitrogens with one attached hydrogen (secondary N) is 3. The fourth-order valence-electron chi connectivity index (χ4n) is 5.54. The maximum atomic E-state index is 13.8. The van der Waals surface area contributed by atoms with Gasteiger partial charge in [0.1, 0.15) is 12.1 Å². The molecule has 0 radical (unpaired) electrons. The highest BCUT2D eigenvalue weighted by Gasteiger charge is 2.44. The van der Waals surface area contributed by atoms with Crippen molar-refractivity contribution in [3.8, 4) is 16.2 Å². The lowest BCUT2D eigenvalue weighted by Gasteiger charge is -2.35. The number of aryl methyl sites for hydroxylation is 1. The molecule has 13 nitrogen and oxygen atoms in total. The fourth-order valence-corrected chi connectivity index (χ4v) is 6.36. The molecule has 2 saturated heterocycles. The van der Waals surface area contributed by atoms with E-state index in [4.69, 9.17) is 4.74 Å². The SMILES string of the molecule is Cc1ncsc1-c1ccc(CNC(=O)[C@@H]2C[C@@H](O)CN2C(=O)[C@@H](NC(=O)COc2cnc(N3CCNCC3)nc2)C(C)(C)C)cc1. The molecular weight excluding hydrogens is 608 g/mol. The van der Waals surface area contributed by atoms with E-state index < -0.39 is 35.4 Å². The zero-order chi connectivity index (χ0) is 32.8. The first-order chi connectivity index (χ1) is 22.0. The molecule has 3 atom stereocenters. The molecule has 0 aliphatic carbocycles. The second-order valence-corrected chi connectivity index (χ2v) is 13.5. The molecule has 0 spiro atoms. The van der Waals surface area contributed by atoms with Crippen molar-refractivity contribution in [1.29, 1.82) is 0 Å². The molecule has 2 aromatic heterocycles. The van der Waals surface area contributed by atoms with Crippen LogP contribution in [0.5, 0.6) is 5.75 Å². The Kier molecular flexibility index (Phi) is 10.5. The van der Waals surface area contributed by atoms with E-state index in [0.29, 0.717) is 11.7 Å². The van der Waals surface area contributed by atoms with Gasteiger partial charge in [0.15, 0.2) is 12.4 Å². The lowest BCUT2D eigenvalue weighted by atomic mass is 9.85. The van der Waals surface area contributed by atoms with E-state index in [9.17, 15) is 19.5 Å². The van der Waals surface area contributed by atoms with E-state index in [1.807, 2.05) is 57.5 Å². The monoisotopic (exact) mass is 650 g/mol. The summed E-state index contributed by atoms with van der Waals surface area (Å²) >= 11 is 1.58. The van der Waals surface area contributed by atoms with Gasteiger partial charge in [-0.1, -0.05) is 45.0 Å². The molecule has 246 valence electrons. The number of benzene rings is 1. The number of carbonyl (C=O) groups is 3. The molecule has 0 unspecified atom stereocenters. The molecule has 2 fully saturated rings. The molecule has 3 amide bonds. The quantitative estimate of drug-likeness (QED) is 0.253. The maximum Gasteiger partial charge on any atom is 0.258 e. The summed E-state index contributed by atoms with van der Waals surface area (Å²) in [4.78, 5) is 57.7. The minimum Gasteiger partial charge on any atom is -0.481 e. The summed E-state index contributed by atoms with van der Waals surface area (Å²) in [5.41, 5.74) is 4.06. The van der Waals surface area contributed by atoms with Crippen molar-refractivity contribution in [3.63, 3.8) is 0 Å². The largest absolute Gasteiger partial charge is 0.481 e. The van der Waals surface area contributed by atoms with Crippen LogP contribution in [0.25, 0.3) is 10.4 Å². The third-order valence-corrected chi connectivity index (χ3v) is 9.07. The molecule has 4 heterocycles. The third-order valence-electron chi connectivity index (χ3n) is 8.10. The number of carbonyl (C=O) groups excluding carboxylic acids is 3. The minimum atomic E-state index is -0.960. The second-order valence-electron chi connectivity index (χ2n) is 12.7. The molecule has 2 aliphatic heterocycles. The number of piperazine rings is 1. The Hall–Kier alpha value is -4.14. The smallest absolute Gasteiger partial charge is 0.258 e. The molecule has 2 aliphatic rings. The first kappa shape index (κ1) is 33.2. The van der Waals surface area contributed by atoms with Crippen molar-refractivity contribution in [2.45, 2.75) is 58.8 Å². The Labute approximate surface area is 272 Å². The summed E-state index contributed by atoms with van der Waals surface area (Å²) in [5, 5.41) is 19.5. The average Bonchev–Trinajstić information content (AvgIpc) is 3.66. The number of rotatable bonds is 10. The van der Waals surface area contributed by atoms with Gasteiger partial charge in [0, 0.05) is 45.7 Å². The number of thiazole rings is 1. The number of aliphatic hydroxyl groups excluding tert-OH is 1. The van der Waals surface area contributed by atoms with Crippen molar-refractivity contribution in [2.75, 3.05) is 44.2 Å². The van der Waals surface area contributed by atoms with E-state index in [-0.39, 0.29) is 32.0 Å². The Morgan fingerprint density at radius 2 is 1.80 bits per heavy atom. The highest BCUT2D eigenvalue weighted by Crippen LogP contribution is 2.28. The number of amides is 3. The summed E-state index contributed by atoms with van der Waals surface area (Å²) in [6, 6.07) is 6.05. The van der Waals surface area contributed by atoms with Crippen LogP contribution in [-0.2, 0) is 20.9 Å². The normalized spacial score (nSPS) is 19.1. The van der Waals surface area contributed by atoms with Crippen LogP contribution in [0, 0.1) is 12.3 Å². The first-order valence-corrected chi connectivity index (χ1v) is 16.3. The minimum absolute atomic E-state index is 0.00443. The Morgan fingerprint density at radius 3 is 2.43 bits per heavy atom. The summed E-state index contributed by atoms with van der Waals surface area (Å²) in [6.07, 6.45) is 2.30. The number of likely N-dealkylation sites (tertiary alicyclic amines) is 1. The van der Waals surface area contributed by atoms with Crippen LogP contribution < -0.4 is 25.6 Å². The van der Waals surface area contributed by atoms with Gasteiger partial charge in [-0.05, 0) is 23.5 Å². The van der Waals surface area contributed by atoms with Gasteiger partial charge < -0.3 is 35.6 Å². The topological polar surface area (TPSA) is 162 Å². The molecule has 5 rings (SSSR count). The van der Waals surface area contributed by atoms with E-state index >= 15 is 0 Å². The predicted octanol–water partition coefficient (Wildman–Crippen LogP) is 1.51. The zero-order valence-corrected chi connectivity index (χ0v) is 27.5. The number of ether oxygens (including phenoxy) is 1. The van der Waals surface area contributed by atoms with Gasteiger partial charge in [0.2, 0.25) is 17.8 Å². The van der Waals surface area contributed by atoms with Crippen LogP contribution >= 0.6 is 11.3 Å². The number of anilines is 1. The van der Waals surface area contributed by atoms with Crippen LogP contribution in [-0.4, -0.2) is 100 Å². The number of β-amino-alcohol motifs (C(OH)–C–C–N with tert-alkyl or cyclic N) is 1. The van der Waals surface area contributed by atoms with Crippen LogP contribution in [0.3, 0.4) is 0 Å². The highest BCUT2D eigenvalue weighted by atomic mass is 32.1. The standard InChI is InChI=1S/C32H42N8O5S/c1-20-27(46-19-37-20)22-7-5-21(6-8-22)14-34-29(43)25-13-23(41)17-40(25)30(44)28(32(2,3)4)38-26(42)18-45-24-15-35-31(36-16-24)39-11-9-33-10-12-39/h5-8,15-16,19,23,25,28,33,41H,9-14,17-18H2,1-4H3,(H,34,43)(H,38,42)/t23-,25+,28-/m1/s1. The van der Waals surface area contributed by atoms with Crippen molar-refractivity contribution in [3.05, 3.63) is 53.4 Å². The molecule has 1 aromatic carbocycles. The number of nitrogens with zero attached hydrogens (tertiary/aromatic N) is 5. The van der Waals surface area contributed by atoms with Crippen LogP contribution in [0.15, 0.2) is 42.2 Å². The summed E-state index contributed by atoms with van der Waals surface area (Å²) in [5.74, 6) is -0.370. The third kappa shape index (κ3) is 8.17. The molecule has 14 heteroatoms. The summed E-state index contributed by atoms with van der Waals surface area (Å²) in [6.45, 7) is 10.7. The Morgan fingerprint density at radius 1 is 1.11 bits per heavy atom. The lowest BCUT2D eigenvalue weighted by Crippen LogP contribution is -2.58. The second kappa shape index (κ2) is 14.5. The van der Waals surface area contributed by atoms with E-state index in [1.165, 1.54) is 17.3 Å². The molecule has 46 heavy (non-hydrogen) atoms. The van der Waals surface area contributed by atoms with Crippen molar-refractivity contribution >= 4 is 35.0 Å². The van der Waals surface area contributed by atoms with Crippen LogP contribution in [0.2, 0.25) is 0 Å². The number of aliphatic hydroxyl groups is 1. The molecule has 0 bridgehead atoms. The van der Waals surface area contributed by atoms with Gasteiger partial charge in [0.05, 0.1) is 34.6 Å². The average molecular weight is 651 g/mol. The van der Waals surface area contributed by atoms with Crippen molar-refractivity contribution < 1.29 is 24.2 Å². The number of hydrogen-bond donors (Lipinski definition) is 4. The van der Waals surface area contributed by atoms with Gasteiger partial charge in [-0.25, -0.2) is 15.0 Å². The van der Waals surface area contributed by atoms with Crippen molar-refractivity contribution in [2.24, 2.45) is 5.41 Å². The highest BCUT2D eigenvalue weighted by molar-refractivity contribution is 7.13. The van der Waals surface area contributed by atoms with Gasteiger partial charge in [0.25, 0.3) is 5.91 Å². The summed E-state index contributed by atoms with van der Waals surface area (Å²) < 4.78 is 5.61. The van der Waals surface area contributed by atoms with Gasteiger partial charge in [-0.2, -0.15) is 0 Å².